The molecule has 110 valence electrons. The monoisotopic (exact) mass is 285 g/mol. The molecular weight excluding hydrogens is 269 g/mol. The molecule has 4 atom stereocenters. The lowest BCUT2D eigenvalue weighted by Gasteiger charge is -2.08. The SMILES string of the molecule is Cn1ncnc(N)c1=N/C=C/C1O[C@H](CO)[C@@H](O)[C@H]1F. The first-order valence-electron chi connectivity index (χ1n) is 5.97. The van der Waals surface area contributed by atoms with E-state index in [1.54, 1.807) is 7.05 Å². The molecule has 0 aliphatic carbocycles. The van der Waals surface area contributed by atoms with Crippen LogP contribution in [0.5, 0.6) is 0 Å². The van der Waals surface area contributed by atoms with Gasteiger partial charge in [0.05, 0.1) is 6.61 Å². The Kier molecular flexibility index (Phi) is 4.42. The predicted molar refractivity (Wildman–Crippen MR) is 66.8 cm³/mol. The van der Waals surface area contributed by atoms with Gasteiger partial charge in [0, 0.05) is 13.2 Å². The second kappa shape index (κ2) is 6.07. The smallest absolute Gasteiger partial charge is 0.191 e. The minimum Gasteiger partial charge on any atom is -0.394 e. The van der Waals surface area contributed by atoms with E-state index in [4.69, 9.17) is 15.6 Å². The number of aryl methyl sites for hydroxylation is 1. The summed E-state index contributed by atoms with van der Waals surface area (Å²) < 4.78 is 20.2. The lowest BCUT2D eigenvalue weighted by atomic mass is 10.1. The van der Waals surface area contributed by atoms with Gasteiger partial charge in [-0.05, 0) is 6.08 Å². The summed E-state index contributed by atoms with van der Waals surface area (Å²) in [5, 5.41) is 22.2. The molecule has 2 rings (SSSR count). The molecule has 1 unspecified atom stereocenters. The van der Waals surface area contributed by atoms with Gasteiger partial charge < -0.3 is 20.7 Å². The van der Waals surface area contributed by atoms with Crippen molar-refractivity contribution in [2.24, 2.45) is 12.0 Å². The van der Waals surface area contributed by atoms with E-state index in [1.165, 1.54) is 23.3 Å². The summed E-state index contributed by atoms with van der Waals surface area (Å²) in [4.78, 5) is 7.80. The fourth-order valence-corrected chi connectivity index (χ4v) is 1.85. The van der Waals surface area contributed by atoms with Gasteiger partial charge >= 0.3 is 0 Å². The minimum absolute atomic E-state index is 0.185. The second-order valence-corrected chi connectivity index (χ2v) is 4.32. The zero-order valence-corrected chi connectivity index (χ0v) is 10.8. The van der Waals surface area contributed by atoms with E-state index >= 15 is 0 Å². The first-order chi connectivity index (χ1) is 9.54. The van der Waals surface area contributed by atoms with Crippen molar-refractivity contribution in [3.05, 3.63) is 24.1 Å². The van der Waals surface area contributed by atoms with Crippen LogP contribution in [-0.4, -0.2) is 56.1 Å². The van der Waals surface area contributed by atoms with Crippen LogP contribution in [-0.2, 0) is 11.8 Å². The Morgan fingerprint density at radius 1 is 1.65 bits per heavy atom. The molecule has 1 aliphatic rings. The normalized spacial score (nSPS) is 31.3. The highest BCUT2D eigenvalue weighted by atomic mass is 19.1. The molecule has 1 aromatic rings. The fraction of sp³-hybridized carbons (Fsp3) is 0.545. The maximum Gasteiger partial charge on any atom is 0.191 e. The Bertz CT molecular complexity index is 538. The number of aliphatic hydroxyl groups is 2. The maximum atomic E-state index is 13.7. The Balaban J connectivity index is 2.15. The van der Waals surface area contributed by atoms with E-state index in [9.17, 15) is 9.50 Å². The maximum absolute atomic E-state index is 13.7. The van der Waals surface area contributed by atoms with Crippen LogP contribution in [0.2, 0.25) is 0 Å². The molecule has 2 heterocycles. The molecule has 4 N–H and O–H groups in total. The Morgan fingerprint density at radius 2 is 2.40 bits per heavy atom. The van der Waals surface area contributed by atoms with Gasteiger partial charge in [0.2, 0.25) is 0 Å². The van der Waals surface area contributed by atoms with Crippen LogP contribution in [0.15, 0.2) is 23.6 Å². The number of anilines is 1. The van der Waals surface area contributed by atoms with Crippen molar-refractivity contribution in [3.63, 3.8) is 0 Å². The Morgan fingerprint density at radius 3 is 3.00 bits per heavy atom. The molecule has 1 fully saturated rings. The van der Waals surface area contributed by atoms with Crippen molar-refractivity contribution in [1.29, 1.82) is 0 Å². The number of hydrogen-bond acceptors (Lipinski definition) is 7. The fourth-order valence-electron chi connectivity index (χ4n) is 1.85. The zero-order chi connectivity index (χ0) is 14.7. The number of rotatable bonds is 3. The molecule has 8 nitrogen and oxygen atoms in total. The molecule has 9 heteroatoms. The Hall–Kier alpha value is -1.84. The van der Waals surface area contributed by atoms with Crippen LogP contribution >= 0.6 is 0 Å². The van der Waals surface area contributed by atoms with Crippen molar-refractivity contribution >= 4 is 5.82 Å². The van der Waals surface area contributed by atoms with E-state index in [-0.39, 0.29) is 5.82 Å². The van der Waals surface area contributed by atoms with Crippen molar-refractivity contribution in [2.75, 3.05) is 12.3 Å². The van der Waals surface area contributed by atoms with Gasteiger partial charge in [-0.25, -0.2) is 19.0 Å². The van der Waals surface area contributed by atoms with E-state index < -0.39 is 31.1 Å². The third-order valence-corrected chi connectivity index (χ3v) is 2.96. The number of alkyl halides is 1. The van der Waals surface area contributed by atoms with Gasteiger partial charge in [-0.15, -0.1) is 0 Å². The zero-order valence-electron chi connectivity index (χ0n) is 10.8. The van der Waals surface area contributed by atoms with Crippen LogP contribution < -0.4 is 11.2 Å². The summed E-state index contributed by atoms with van der Waals surface area (Å²) in [6.45, 7) is -0.447. The standard InChI is InChI=1S/C11H16FN5O3/c1-17-11(10(13)15-5-16-17)14-3-2-6-8(12)9(19)7(4-18)20-6/h2-3,5-9,18-19H,4H2,1H3,(H2,13,15,16)/b3-2+,14-11?/t6?,7-,8+,9-/m1/s1. The van der Waals surface area contributed by atoms with Gasteiger partial charge in [-0.3, -0.25) is 0 Å². The molecule has 1 aliphatic heterocycles. The number of hydrogen-bond donors (Lipinski definition) is 3. The summed E-state index contributed by atoms with van der Waals surface area (Å²) in [5.41, 5.74) is 5.95. The summed E-state index contributed by atoms with van der Waals surface area (Å²) in [5.74, 6) is 0.185. The lowest BCUT2D eigenvalue weighted by Crippen LogP contribution is -2.30. The number of nitrogen functional groups attached to an aromatic ring is 1. The van der Waals surface area contributed by atoms with Gasteiger partial charge in [0.25, 0.3) is 0 Å². The highest BCUT2D eigenvalue weighted by molar-refractivity contribution is 5.20. The summed E-state index contributed by atoms with van der Waals surface area (Å²) in [6, 6.07) is 0. The average molecular weight is 285 g/mol. The quantitative estimate of drug-likeness (QED) is 0.607. The molecule has 0 bridgehead atoms. The first-order valence-corrected chi connectivity index (χ1v) is 5.97. The van der Waals surface area contributed by atoms with Crippen LogP contribution in [0.4, 0.5) is 10.2 Å². The lowest BCUT2D eigenvalue weighted by molar-refractivity contribution is -0.0112. The topological polar surface area (TPSA) is 119 Å². The Labute approximate surface area is 114 Å². The average Bonchev–Trinajstić information content (AvgIpc) is 2.70. The highest BCUT2D eigenvalue weighted by Gasteiger charge is 2.42. The largest absolute Gasteiger partial charge is 0.394 e. The number of ether oxygens (including phenoxy) is 1. The van der Waals surface area contributed by atoms with E-state index in [0.717, 1.165) is 0 Å². The number of aromatic nitrogens is 3. The van der Waals surface area contributed by atoms with Gasteiger partial charge in [0.1, 0.15) is 24.6 Å². The van der Waals surface area contributed by atoms with Gasteiger partial charge in [-0.1, -0.05) is 0 Å². The summed E-state index contributed by atoms with van der Waals surface area (Å²) in [7, 11) is 1.64. The van der Waals surface area contributed by atoms with Crippen LogP contribution in [0.25, 0.3) is 0 Å². The van der Waals surface area contributed by atoms with E-state index in [2.05, 4.69) is 15.1 Å². The molecular formula is C11H16FN5O3. The molecule has 0 aromatic carbocycles. The minimum atomic E-state index is -1.61. The van der Waals surface area contributed by atoms with Crippen LogP contribution in [0.3, 0.4) is 0 Å². The molecule has 20 heavy (non-hydrogen) atoms. The number of nitrogens with zero attached hydrogens (tertiary/aromatic N) is 4. The number of nitrogens with two attached hydrogens (primary N) is 1. The predicted octanol–water partition coefficient (Wildman–Crippen LogP) is -1.73. The molecule has 0 amide bonds. The van der Waals surface area contributed by atoms with Gasteiger partial charge in [0.15, 0.2) is 17.5 Å². The summed E-state index contributed by atoms with van der Waals surface area (Å²) >= 11 is 0. The molecule has 0 radical (unpaired) electrons. The highest BCUT2D eigenvalue weighted by Crippen LogP contribution is 2.24. The molecule has 1 saturated heterocycles. The molecule has 0 saturated carbocycles. The third-order valence-electron chi connectivity index (χ3n) is 2.96. The van der Waals surface area contributed by atoms with Crippen molar-refractivity contribution in [1.82, 2.24) is 14.8 Å². The number of aliphatic hydroxyl groups excluding tert-OH is 2. The van der Waals surface area contributed by atoms with E-state index in [1.807, 2.05) is 0 Å². The molecule has 1 aromatic heterocycles. The van der Waals surface area contributed by atoms with Crippen LogP contribution in [0.1, 0.15) is 0 Å². The van der Waals surface area contributed by atoms with Crippen LogP contribution in [0, 0.1) is 0 Å². The van der Waals surface area contributed by atoms with Gasteiger partial charge in [-0.2, -0.15) is 5.10 Å². The summed E-state index contributed by atoms with van der Waals surface area (Å²) in [6.07, 6.45) is -0.928. The van der Waals surface area contributed by atoms with Crippen molar-refractivity contribution < 1.29 is 19.3 Å². The van der Waals surface area contributed by atoms with Crippen molar-refractivity contribution in [3.8, 4) is 0 Å². The van der Waals surface area contributed by atoms with E-state index in [0.29, 0.717) is 5.49 Å². The number of halogens is 1. The first kappa shape index (κ1) is 14.6. The van der Waals surface area contributed by atoms with Crippen molar-refractivity contribution in [2.45, 2.75) is 24.5 Å². The third kappa shape index (κ3) is 2.84. The molecule has 0 spiro atoms. The second-order valence-electron chi connectivity index (χ2n) is 4.32.